The van der Waals surface area contributed by atoms with Gasteiger partial charge in [0, 0.05) is 13.1 Å². The van der Waals surface area contributed by atoms with Gasteiger partial charge in [-0.05, 0) is 55.9 Å². The molecule has 0 radical (unpaired) electrons. The standard InChI is InChI=1S/C17H21N3O3S.ClH/c1-18-11-12-4-7-20(8-5-12)17(22)13-6-10-24-16(13)19-15(21)14-3-2-9-23-14;/h2-3,6,9-10,12,18H,4-5,7-8,11H2,1H3,(H,19,21);1H. The Bertz CT molecular complexity index is 694. The molecule has 2 aromatic rings. The summed E-state index contributed by atoms with van der Waals surface area (Å²) >= 11 is 1.35. The summed E-state index contributed by atoms with van der Waals surface area (Å²) in [7, 11) is 1.96. The van der Waals surface area contributed by atoms with Crippen molar-refractivity contribution < 1.29 is 14.0 Å². The number of furan rings is 1. The van der Waals surface area contributed by atoms with Crippen molar-refractivity contribution in [2.45, 2.75) is 12.8 Å². The number of hydrogen-bond acceptors (Lipinski definition) is 5. The van der Waals surface area contributed by atoms with E-state index in [1.54, 1.807) is 18.2 Å². The summed E-state index contributed by atoms with van der Waals surface area (Å²) in [5.74, 6) is 0.493. The zero-order valence-corrected chi connectivity index (χ0v) is 15.6. The number of hydrogen-bond donors (Lipinski definition) is 2. The number of halogens is 1. The molecular formula is C17H22ClN3O3S. The molecule has 1 aliphatic heterocycles. The minimum atomic E-state index is -0.343. The van der Waals surface area contributed by atoms with Crippen LogP contribution in [0, 0.1) is 5.92 Å². The molecule has 3 rings (SSSR count). The van der Waals surface area contributed by atoms with Crippen LogP contribution in [0.25, 0.3) is 0 Å². The molecule has 1 saturated heterocycles. The molecule has 1 aliphatic rings. The summed E-state index contributed by atoms with van der Waals surface area (Å²) < 4.78 is 5.09. The highest BCUT2D eigenvalue weighted by Crippen LogP contribution is 2.27. The Morgan fingerprint density at radius 3 is 2.72 bits per heavy atom. The fraction of sp³-hybridized carbons (Fsp3) is 0.412. The van der Waals surface area contributed by atoms with Crippen LogP contribution >= 0.6 is 23.7 Å². The Labute approximate surface area is 157 Å². The fourth-order valence-corrected chi connectivity index (χ4v) is 3.72. The van der Waals surface area contributed by atoms with Gasteiger partial charge >= 0.3 is 0 Å². The van der Waals surface area contributed by atoms with Crippen LogP contribution < -0.4 is 10.6 Å². The van der Waals surface area contributed by atoms with Gasteiger partial charge in [0.2, 0.25) is 0 Å². The molecule has 0 spiro atoms. The van der Waals surface area contributed by atoms with E-state index in [1.807, 2.05) is 17.3 Å². The predicted octanol–water partition coefficient (Wildman–Crippen LogP) is 3.09. The molecule has 3 heterocycles. The molecule has 0 atom stereocenters. The van der Waals surface area contributed by atoms with Crippen molar-refractivity contribution in [1.29, 1.82) is 0 Å². The minimum Gasteiger partial charge on any atom is -0.459 e. The van der Waals surface area contributed by atoms with Crippen LogP contribution in [0.3, 0.4) is 0 Å². The van der Waals surface area contributed by atoms with E-state index in [-0.39, 0.29) is 30.0 Å². The highest BCUT2D eigenvalue weighted by Gasteiger charge is 2.26. The lowest BCUT2D eigenvalue weighted by Gasteiger charge is -2.32. The molecule has 0 saturated carbocycles. The summed E-state index contributed by atoms with van der Waals surface area (Å²) in [6.07, 6.45) is 3.46. The Balaban J connectivity index is 0.00000225. The SMILES string of the molecule is CNCC1CCN(C(=O)c2ccsc2NC(=O)c2ccco2)CC1.Cl. The lowest BCUT2D eigenvalue weighted by molar-refractivity contribution is 0.0692. The smallest absolute Gasteiger partial charge is 0.291 e. The highest BCUT2D eigenvalue weighted by molar-refractivity contribution is 7.14. The maximum Gasteiger partial charge on any atom is 0.291 e. The maximum atomic E-state index is 12.8. The van der Waals surface area contributed by atoms with Gasteiger partial charge in [0.15, 0.2) is 5.76 Å². The molecule has 0 unspecified atom stereocenters. The molecule has 0 aliphatic carbocycles. The average Bonchev–Trinajstić information content (AvgIpc) is 3.27. The number of nitrogens with zero attached hydrogens (tertiary/aromatic N) is 1. The quantitative estimate of drug-likeness (QED) is 0.832. The lowest BCUT2D eigenvalue weighted by atomic mass is 9.96. The van der Waals surface area contributed by atoms with Crippen molar-refractivity contribution in [2.24, 2.45) is 5.92 Å². The molecule has 136 valence electrons. The zero-order valence-electron chi connectivity index (χ0n) is 14.0. The number of amides is 2. The number of anilines is 1. The number of nitrogens with one attached hydrogen (secondary N) is 2. The highest BCUT2D eigenvalue weighted by atomic mass is 35.5. The van der Waals surface area contributed by atoms with Crippen molar-refractivity contribution in [2.75, 3.05) is 32.0 Å². The van der Waals surface area contributed by atoms with Gasteiger partial charge < -0.3 is 20.0 Å². The molecule has 2 aromatic heterocycles. The number of thiophene rings is 1. The van der Waals surface area contributed by atoms with Gasteiger partial charge in [0.25, 0.3) is 11.8 Å². The zero-order chi connectivity index (χ0) is 16.9. The first kappa shape index (κ1) is 19.5. The van der Waals surface area contributed by atoms with Gasteiger partial charge in [-0.3, -0.25) is 9.59 Å². The summed E-state index contributed by atoms with van der Waals surface area (Å²) in [5.41, 5.74) is 0.548. The predicted molar refractivity (Wildman–Crippen MR) is 101 cm³/mol. The normalized spacial score (nSPS) is 14.8. The third-order valence-corrected chi connectivity index (χ3v) is 5.09. The molecule has 2 amide bonds. The minimum absolute atomic E-state index is 0. The van der Waals surface area contributed by atoms with E-state index in [2.05, 4.69) is 10.6 Å². The van der Waals surface area contributed by atoms with E-state index < -0.39 is 0 Å². The van der Waals surface area contributed by atoms with Crippen LogP contribution in [0.2, 0.25) is 0 Å². The monoisotopic (exact) mass is 383 g/mol. The average molecular weight is 384 g/mol. The van der Waals surface area contributed by atoms with E-state index in [0.29, 0.717) is 16.5 Å². The first-order valence-corrected chi connectivity index (χ1v) is 8.93. The van der Waals surface area contributed by atoms with Crippen LogP contribution in [-0.2, 0) is 0 Å². The number of rotatable bonds is 5. The lowest BCUT2D eigenvalue weighted by Crippen LogP contribution is -2.40. The second-order valence-electron chi connectivity index (χ2n) is 5.89. The second kappa shape index (κ2) is 9.03. The Kier molecular flexibility index (Phi) is 7.04. The summed E-state index contributed by atoms with van der Waals surface area (Å²) in [5, 5.41) is 8.35. The van der Waals surface area contributed by atoms with Gasteiger partial charge in [-0.1, -0.05) is 0 Å². The molecular weight excluding hydrogens is 362 g/mol. The molecule has 8 heteroatoms. The molecule has 0 aromatic carbocycles. The Morgan fingerprint density at radius 1 is 1.32 bits per heavy atom. The van der Waals surface area contributed by atoms with E-state index >= 15 is 0 Å². The molecule has 1 fully saturated rings. The summed E-state index contributed by atoms with van der Waals surface area (Å²) in [6, 6.07) is 5.02. The third-order valence-electron chi connectivity index (χ3n) is 4.26. The first-order chi connectivity index (χ1) is 11.7. The van der Waals surface area contributed by atoms with E-state index in [0.717, 1.165) is 32.5 Å². The second-order valence-corrected chi connectivity index (χ2v) is 6.80. The van der Waals surface area contributed by atoms with Gasteiger partial charge in [-0.25, -0.2) is 0 Å². The molecule has 0 bridgehead atoms. The third kappa shape index (κ3) is 4.62. The van der Waals surface area contributed by atoms with E-state index in [4.69, 9.17) is 4.42 Å². The number of piperidine rings is 1. The van der Waals surface area contributed by atoms with Crippen molar-refractivity contribution >= 4 is 40.6 Å². The molecule has 25 heavy (non-hydrogen) atoms. The Hall–Kier alpha value is -1.83. The van der Waals surface area contributed by atoms with Gasteiger partial charge in [-0.2, -0.15) is 0 Å². The largest absolute Gasteiger partial charge is 0.459 e. The maximum absolute atomic E-state index is 12.8. The van der Waals surface area contributed by atoms with Gasteiger partial charge in [0.05, 0.1) is 11.8 Å². The van der Waals surface area contributed by atoms with Crippen LogP contribution in [-0.4, -0.2) is 43.4 Å². The first-order valence-electron chi connectivity index (χ1n) is 8.05. The topological polar surface area (TPSA) is 74.6 Å². The number of likely N-dealkylation sites (tertiary alicyclic amines) is 1. The van der Waals surface area contributed by atoms with Crippen molar-refractivity contribution in [3.05, 3.63) is 41.2 Å². The van der Waals surface area contributed by atoms with Crippen LogP contribution in [0.5, 0.6) is 0 Å². The van der Waals surface area contributed by atoms with Crippen LogP contribution in [0.15, 0.2) is 34.3 Å². The van der Waals surface area contributed by atoms with Crippen LogP contribution in [0.4, 0.5) is 5.00 Å². The summed E-state index contributed by atoms with van der Waals surface area (Å²) in [4.78, 5) is 26.7. The van der Waals surface area contributed by atoms with E-state index in [1.165, 1.54) is 17.6 Å². The van der Waals surface area contributed by atoms with Crippen molar-refractivity contribution in [3.8, 4) is 0 Å². The number of carbonyl (C=O) groups is 2. The van der Waals surface area contributed by atoms with Crippen molar-refractivity contribution in [1.82, 2.24) is 10.2 Å². The molecule has 6 nitrogen and oxygen atoms in total. The van der Waals surface area contributed by atoms with Crippen LogP contribution in [0.1, 0.15) is 33.8 Å². The van der Waals surface area contributed by atoms with Gasteiger partial charge in [0.1, 0.15) is 5.00 Å². The van der Waals surface area contributed by atoms with Gasteiger partial charge in [-0.15, -0.1) is 23.7 Å². The molecule has 2 N–H and O–H groups in total. The summed E-state index contributed by atoms with van der Waals surface area (Å²) in [6.45, 7) is 2.50. The van der Waals surface area contributed by atoms with Crippen molar-refractivity contribution in [3.63, 3.8) is 0 Å². The fourth-order valence-electron chi connectivity index (χ4n) is 2.95. The number of carbonyl (C=O) groups excluding carboxylic acids is 2. The van der Waals surface area contributed by atoms with E-state index in [9.17, 15) is 9.59 Å². The Morgan fingerprint density at radius 2 is 2.08 bits per heavy atom.